The summed E-state index contributed by atoms with van der Waals surface area (Å²) < 4.78 is 19.9. The van der Waals surface area contributed by atoms with Crippen LogP contribution >= 0.6 is 0 Å². The second kappa shape index (κ2) is 7.17. The second-order valence-electron chi connectivity index (χ2n) is 2.51. The Balaban J connectivity index is 2.43. The van der Waals surface area contributed by atoms with Crippen LogP contribution in [0.25, 0.3) is 0 Å². The monoisotopic (exact) mass is 223 g/mol. The minimum absolute atomic E-state index is 0.0586. The molecule has 0 spiro atoms. The molecule has 0 aliphatic rings. The highest BCUT2D eigenvalue weighted by atomic mass is 16.7. The third-order valence-corrected chi connectivity index (χ3v) is 1.48. The first kappa shape index (κ1) is 11.9. The zero-order chi connectivity index (χ0) is 11.6. The van der Waals surface area contributed by atoms with Crippen LogP contribution in [-0.4, -0.2) is 18.6 Å². The van der Waals surface area contributed by atoms with Gasteiger partial charge in [0.2, 0.25) is 25.3 Å². The number of hydrogen-bond donors (Lipinski definition) is 0. The Morgan fingerprint density at radius 2 is 1.50 bits per heavy atom. The highest BCUT2D eigenvalue weighted by Gasteiger charge is 1.98. The Kier molecular flexibility index (Phi) is 5.33. The van der Waals surface area contributed by atoms with Gasteiger partial charge in [-0.15, -0.1) is 0 Å². The summed E-state index contributed by atoms with van der Waals surface area (Å²) in [4.78, 5) is 4.04. The van der Waals surface area contributed by atoms with E-state index in [2.05, 4.69) is 18.1 Å². The fraction of sp³-hybridized carbons (Fsp3) is 0.182. The van der Waals surface area contributed by atoms with Crippen LogP contribution in [0.1, 0.15) is 0 Å². The van der Waals surface area contributed by atoms with Crippen LogP contribution in [0.4, 0.5) is 0 Å². The summed E-state index contributed by atoms with van der Waals surface area (Å²) in [6, 6.07) is 5.13. The third kappa shape index (κ3) is 4.36. The Bertz CT molecular complexity index is 311. The van der Waals surface area contributed by atoms with Gasteiger partial charge in [-0.25, -0.2) is 0 Å². The van der Waals surface area contributed by atoms with Gasteiger partial charge in [-0.3, -0.25) is 0 Å². The number of hydrogen-bond acceptors (Lipinski definition) is 5. The zero-order valence-electron chi connectivity index (χ0n) is 8.80. The number of ether oxygens (including phenoxy) is 4. The highest BCUT2D eigenvalue weighted by molar-refractivity contribution is 5.19. The van der Waals surface area contributed by atoms with E-state index < -0.39 is 0 Å². The van der Waals surface area contributed by atoms with Gasteiger partial charge < -0.3 is 18.9 Å². The van der Waals surface area contributed by atoms with E-state index in [0.717, 1.165) is 0 Å². The van der Waals surface area contributed by atoms with Crippen molar-refractivity contribution in [3.05, 3.63) is 43.9 Å². The molecule has 16 heavy (non-hydrogen) atoms. The Hall–Kier alpha value is -2.17. The average molecular weight is 223 g/mol. The molecule has 0 N–H and O–H groups in total. The molecule has 0 fully saturated rings. The summed E-state index contributed by atoms with van der Waals surface area (Å²) in [6.07, 6.45) is 2.58. The number of aromatic nitrogens is 1. The van der Waals surface area contributed by atoms with Gasteiger partial charge in [0.15, 0.2) is 0 Å². The first-order valence-electron chi connectivity index (χ1n) is 4.54. The molecule has 0 bridgehead atoms. The molecule has 5 nitrogen and oxygen atoms in total. The van der Waals surface area contributed by atoms with Gasteiger partial charge in [0, 0.05) is 12.1 Å². The van der Waals surface area contributed by atoms with Crippen LogP contribution in [0.5, 0.6) is 11.8 Å². The van der Waals surface area contributed by atoms with Crippen LogP contribution in [0.15, 0.2) is 43.9 Å². The molecule has 86 valence electrons. The maximum absolute atomic E-state index is 5.15. The molecule has 0 aliphatic carbocycles. The van der Waals surface area contributed by atoms with Gasteiger partial charge in [-0.2, -0.15) is 4.98 Å². The van der Waals surface area contributed by atoms with Crippen molar-refractivity contribution in [1.29, 1.82) is 0 Å². The molecule has 0 aromatic carbocycles. The van der Waals surface area contributed by atoms with Gasteiger partial charge in [0.25, 0.3) is 0 Å². The SMILES string of the molecule is C=COCOc1cccc(OCOC=C)n1. The Labute approximate surface area is 93.9 Å². The van der Waals surface area contributed by atoms with E-state index in [0.29, 0.717) is 11.8 Å². The van der Waals surface area contributed by atoms with Crippen molar-refractivity contribution >= 4 is 0 Å². The van der Waals surface area contributed by atoms with Crippen molar-refractivity contribution in [3.8, 4) is 11.8 Å². The van der Waals surface area contributed by atoms with E-state index in [1.165, 1.54) is 12.5 Å². The van der Waals surface area contributed by atoms with Crippen LogP contribution in [0, 0.1) is 0 Å². The molecule has 1 aromatic heterocycles. The minimum atomic E-state index is 0.0586. The standard InChI is InChI=1S/C11H13NO4/c1-3-13-8-15-10-6-5-7-11(12-10)16-9-14-4-2/h3-7H,1-2,8-9H2. The zero-order valence-corrected chi connectivity index (χ0v) is 8.80. The molecule has 0 saturated carbocycles. The van der Waals surface area contributed by atoms with Crippen LogP contribution in [0.2, 0.25) is 0 Å². The predicted molar refractivity (Wildman–Crippen MR) is 57.8 cm³/mol. The van der Waals surface area contributed by atoms with Crippen LogP contribution < -0.4 is 9.47 Å². The normalized spacial score (nSPS) is 9.00. The van der Waals surface area contributed by atoms with E-state index in [1.807, 2.05) is 0 Å². The fourth-order valence-corrected chi connectivity index (χ4v) is 0.842. The quantitative estimate of drug-likeness (QED) is 0.383. The molecule has 5 heteroatoms. The smallest absolute Gasteiger partial charge is 0.231 e. The van der Waals surface area contributed by atoms with Gasteiger partial charge in [0.05, 0.1) is 12.5 Å². The van der Waals surface area contributed by atoms with Crippen molar-refractivity contribution in [2.45, 2.75) is 0 Å². The summed E-state index contributed by atoms with van der Waals surface area (Å²) in [5.41, 5.74) is 0. The van der Waals surface area contributed by atoms with Crippen LogP contribution in [-0.2, 0) is 9.47 Å². The van der Waals surface area contributed by atoms with Crippen molar-refractivity contribution in [3.63, 3.8) is 0 Å². The summed E-state index contributed by atoms with van der Waals surface area (Å²) in [5.74, 6) is 0.802. The first-order chi connectivity index (χ1) is 7.86. The van der Waals surface area contributed by atoms with Crippen molar-refractivity contribution in [2.75, 3.05) is 13.6 Å². The lowest BCUT2D eigenvalue weighted by molar-refractivity contribution is 0.0672. The molecule has 0 amide bonds. The third-order valence-electron chi connectivity index (χ3n) is 1.48. The van der Waals surface area contributed by atoms with Crippen LogP contribution in [0.3, 0.4) is 0 Å². The molecular formula is C11H13NO4. The average Bonchev–Trinajstić information content (AvgIpc) is 2.30. The van der Waals surface area contributed by atoms with Crippen molar-refractivity contribution < 1.29 is 18.9 Å². The maximum atomic E-state index is 5.15. The van der Waals surface area contributed by atoms with E-state index in [-0.39, 0.29) is 13.6 Å². The number of nitrogens with zero attached hydrogens (tertiary/aromatic N) is 1. The molecule has 0 saturated heterocycles. The summed E-state index contributed by atoms with van der Waals surface area (Å²) >= 11 is 0. The molecule has 0 radical (unpaired) electrons. The number of rotatable bonds is 8. The second-order valence-corrected chi connectivity index (χ2v) is 2.51. The van der Waals surface area contributed by atoms with E-state index in [1.54, 1.807) is 18.2 Å². The molecule has 1 aromatic rings. The van der Waals surface area contributed by atoms with Gasteiger partial charge in [0.1, 0.15) is 0 Å². The number of pyridine rings is 1. The van der Waals surface area contributed by atoms with Crippen molar-refractivity contribution in [2.24, 2.45) is 0 Å². The van der Waals surface area contributed by atoms with E-state index in [9.17, 15) is 0 Å². The maximum Gasteiger partial charge on any atom is 0.231 e. The summed E-state index contributed by atoms with van der Waals surface area (Å²) in [5, 5.41) is 0. The predicted octanol–water partition coefficient (Wildman–Crippen LogP) is 2.07. The lowest BCUT2D eigenvalue weighted by Crippen LogP contribution is -2.03. The lowest BCUT2D eigenvalue weighted by atomic mass is 10.5. The summed E-state index contributed by atoms with van der Waals surface area (Å²) in [6.45, 7) is 6.89. The molecule has 1 rings (SSSR count). The minimum Gasteiger partial charge on any atom is -0.466 e. The fourth-order valence-electron chi connectivity index (χ4n) is 0.842. The molecule has 0 unspecified atom stereocenters. The van der Waals surface area contributed by atoms with Gasteiger partial charge in [-0.1, -0.05) is 19.2 Å². The van der Waals surface area contributed by atoms with Gasteiger partial charge in [-0.05, 0) is 0 Å². The molecular weight excluding hydrogens is 210 g/mol. The first-order valence-corrected chi connectivity index (χ1v) is 4.54. The molecule has 1 heterocycles. The topological polar surface area (TPSA) is 49.8 Å². The van der Waals surface area contributed by atoms with Gasteiger partial charge >= 0.3 is 0 Å². The molecule has 0 aliphatic heterocycles. The lowest BCUT2D eigenvalue weighted by Gasteiger charge is -2.07. The highest BCUT2D eigenvalue weighted by Crippen LogP contribution is 2.13. The Morgan fingerprint density at radius 1 is 1.00 bits per heavy atom. The van der Waals surface area contributed by atoms with Crippen molar-refractivity contribution in [1.82, 2.24) is 4.98 Å². The Morgan fingerprint density at radius 3 is 1.94 bits per heavy atom. The van der Waals surface area contributed by atoms with E-state index >= 15 is 0 Å². The summed E-state index contributed by atoms with van der Waals surface area (Å²) in [7, 11) is 0. The largest absolute Gasteiger partial charge is 0.466 e. The van der Waals surface area contributed by atoms with E-state index in [4.69, 9.17) is 18.9 Å². The molecule has 0 atom stereocenters.